The van der Waals surface area contributed by atoms with Gasteiger partial charge in [0.2, 0.25) is 0 Å². The van der Waals surface area contributed by atoms with Gasteiger partial charge >= 0.3 is 0 Å². The van der Waals surface area contributed by atoms with Gasteiger partial charge in [-0.3, -0.25) is 0 Å². The first kappa shape index (κ1) is 16.3. The van der Waals surface area contributed by atoms with Gasteiger partial charge < -0.3 is 4.90 Å². The van der Waals surface area contributed by atoms with Crippen LogP contribution in [-0.2, 0) is 0 Å². The van der Waals surface area contributed by atoms with Gasteiger partial charge in [0.25, 0.3) is 0 Å². The Balaban J connectivity index is 2.21. The molecular formula is C22H22FN. The second-order valence-corrected chi connectivity index (χ2v) is 6.50. The quantitative estimate of drug-likeness (QED) is 0.530. The number of anilines is 3. The molecule has 3 rings (SSSR count). The van der Waals surface area contributed by atoms with Gasteiger partial charge in [-0.05, 0) is 98.5 Å². The fourth-order valence-electron chi connectivity index (χ4n) is 3.20. The summed E-state index contributed by atoms with van der Waals surface area (Å²) >= 11 is 0. The molecule has 0 bridgehead atoms. The van der Waals surface area contributed by atoms with Crippen molar-refractivity contribution in [3.63, 3.8) is 0 Å². The number of halogens is 1. The van der Waals surface area contributed by atoms with Crippen molar-refractivity contribution in [3.05, 3.63) is 88.7 Å². The lowest BCUT2D eigenvalue weighted by molar-refractivity contribution is 0.628. The van der Waals surface area contributed by atoms with Crippen LogP contribution in [0.2, 0.25) is 0 Å². The van der Waals surface area contributed by atoms with E-state index in [0.717, 1.165) is 17.1 Å². The normalized spacial score (nSPS) is 10.7. The van der Waals surface area contributed by atoms with E-state index >= 15 is 0 Å². The Labute approximate surface area is 143 Å². The molecule has 2 heteroatoms. The number of hydrogen-bond donors (Lipinski definition) is 0. The predicted molar refractivity (Wildman–Crippen MR) is 100 cm³/mol. The van der Waals surface area contributed by atoms with Gasteiger partial charge in [0.05, 0.1) is 0 Å². The lowest BCUT2D eigenvalue weighted by atomic mass is 10.1. The Morgan fingerprint density at radius 1 is 0.542 bits per heavy atom. The Hall–Kier alpha value is -2.61. The molecule has 0 atom stereocenters. The van der Waals surface area contributed by atoms with Gasteiger partial charge in [0, 0.05) is 17.1 Å². The lowest BCUT2D eigenvalue weighted by Gasteiger charge is -2.27. The van der Waals surface area contributed by atoms with Gasteiger partial charge in [-0.25, -0.2) is 4.39 Å². The van der Waals surface area contributed by atoms with Crippen molar-refractivity contribution in [2.75, 3.05) is 4.90 Å². The molecule has 0 radical (unpaired) electrons. The molecule has 0 saturated carbocycles. The number of hydrogen-bond acceptors (Lipinski definition) is 1. The number of rotatable bonds is 3. The first-order valence-corrected chi connectivity index (χ1v) is 8.15. The van der Waals surface area contributed by atoms with Crippen LogP contribution in [0, 0.1) is 33.5 Å². The first-order chi connectivity index (χ1) is 11.4. The second-order valence-electron chi connectivity index (χ2n) is 6.50. The Kier molecular flexibility index (Phi) is 4.39. The van der Waals surface area contributed by atoms with E-state index in [1.165, 1.54) is 34.4 Å². The van der Waals surface area contributed by atoms with Crippen LogP contribution in [0.3, 0.4) is 0 Å². The average molecular weight is 319 g/mol. The van der Waals surface area contributed by atoms with Gasteiger partial charge in [-0.15, -0.1) is 0 Å². The lowest BCUT2D eigenvalue weighted by Crippen LogP contribution is -2.11. The molecule has 0 aliphatic heterocycles. The van der Waals surface area contributed by atoms with Crippen LogP contribution >= 0.6 is 0 Å². The zero-order valence-electron chi connectivity index (χ0n) is 14.6. The van der Waals surface area contributed by atoms with Crippen LogP contribution in [0.15, 0.2) is 60.7 Å². The molecule has 0 saturated heterocycles. The molecule has 0 spiro atoms. The summed E-state index contributed by atoms with van der Waals surface area (Å²) in [6, 6.07) is 19.6. The molecule has 0 aromatic heterocycles. The van der Waals surface area contributed by atoms with Crippen molar-refractivity contribution in [1.29, 1.82) is 0 Å². The van der Waals surface area contributed by atoms with Crippen molar-refractivity contribution in [1.82, 2.24) is 0 Å². The van der Waals surface area contributed by atoms with Crippen LogP contribution in [0.25, 0.3) is 0 Å². The van der Waals surface area contributed by atoms with Crippen molar-refractivity contribution >= 4 is 17.1 Å². The molecular weight excluding hydrogens is 297 g/mol. The minimum Gasteiger partial charge on any atom is -0.310 e. The van der Waals surface area contributed by atoms with Gasteiger partial charge in [0.15, 0.2) is 0 Å². The van der Waals surface area contributed by atoms with E-state index < -0.39 is 0 Å². The Morgan fingerprint density at radius 3 is 1.29 bits per heavy atom. The maximum Gasteiger partial charge on any atom is 0.123 e. The summed E-state index contributed by atoms with van der Waals surface area (Å²) in [5.74, 6) is -0.223. The van der Waals surface area contributed by atoms with E-state index in [0.29, 0.717) is 0 Å². The standard InChI is InChI=1S/C22H22FN/c1-15-9-16(2)12-21(11-15)24(20-7-5-19(23)6-8-20)22-13-17(3)10-18(4)14-22/h5-14H,1-4H3. The van der Waals surface area contributed by atoms with E-state index in [4.69, 9.17) is 0 Å². The SMILES string of the molecule is Cc1cc(C)cc(N(c2ccc(F)cc2)c2cc(C)cc(C)c2)c1. The Morgan fingerprint density at radius 2 is 0.917 bits per heavy atom. The minimum absolute atomic E-state index is 0.223. The average Bonchev–Trinajstić information content (AvgIpc) is 2.47. The molecule has 0 amide bonds. The molecule has 0 aliphatic rings. The molecule has 0 heterocycles. The highest BCUT2D eigenvalue weighted by molar-refractivity contribution is 5.77. The highest BCUT2D eigenvalue weighted by atomic mass is 19.1. The summed E-state index contributed by atoms with van der Waals surface area (Å²) < 4.78 is 13.4. The summed E-state index contributed by atoms with van der Waals surface area (Å²) in [6.07, 6.45) is 0. The molecule has 24 heavy (non-hydrogen) atoms. The monoisotopic (exact) mass is 319 g/mol. The van der Waals surface area contributed by atoms with E-state index in [2.05, 4.69) is 69.0 Å². The summed E-state index contributed by atoms with van der Waals surface area (Å²) in [6.45, 7) is 8.39. The van der Waals surface area contributed by atoms with Crippen LogP contribution in [0.4, 0.5) is 21.5 Å². The number of benzene rings is 3. The predicted octanol–water partition coefficient (Wildman–Crippen LogP) is 6.53. The maximum atomic E-state index is 13.4. The van der Waals surface area contributed by atoms with Gasteiger partial charge in [-0.1, -0.05) is 12.1 Å². The van der Waals surface area contributed by atoms with Crippen LogP contribution in [0.5, 0.6) is 0 Å². The molecule has 122 valence electrons. The van der Waals surface area contributed by atoms with Crippen LogP contribution in [0.1, 0.15) is 22.3 Å². The van der Waals surface area contributed by atoms with Gasteiger partial charge in [0.1, 0.15) is 5.82 Å². The molecule has 0 fully saturated rings. The van der Waals surface area contributed by atoms with Crippen molar-refractivity contribution in [2.24, 2.45) is 0 Å². The minimum atomic E-state index is -0.223. The van der Waals surface area contributed by atoms with Crippen molar-refractivity contribution in [3.8, 4) is 0 Å². The van der Waals surface area contributed by atoms with Gasteiger partial charge in [-0.2, -0.15) is 0 Å². The topological polar surface area (TPSA) is 3.24 Å². The highest BCUT2D eigenvalue weighted by Gasteiger charge is 2.14. The van der Waals surface area contributed by atoms with Crippen LogP contribution in [-0.4, -0.2) is 0 Å². The molecule has 0 N–H and O–H groups in total. The van der Waals surface area contributed by atoms with E-state index in [1.807, 2.05) is 12.1 Å². The van der Waals surface area contributed by atoms with E-state index in [1.54, 1.807) is 0 Å². The second kappa shape index (κ2) is 6.48. The maximum absolute atomic E-state index is 13.4. The van der Waals surface area contributed by atoms with Crippen molar-refractivity contribution < 1.29 is 4.39 Å². The summed E-state index contributed by atoms with van der Waals surface area (Å²) in [5.41, 5.74) is 7.96. The van der Waals surface area contributed by atoms with E-state index in [-0.39, 0.29) is 5.82 Å². The fourth-order valence-corrected chi connectivity index (χ4v) is 3.20. The molecule has 1 nitrogen and oxygen atoms in total. The molecule has 0 unspecified atom stereocenters. The number of aryl methyl sites for hydroxylation is 4. The first-order valence-electron chi connectivity index (χ1n) is 8.15. The number of nitrogens with zero attached hydrogens (tertiary/aromatic N) is 1. The third kappa shape index (κ3) is 3.48. The zero-order chi connectivity index (χ0) is 17.3. The smallest absolute Gasteiger partial charge is 0.123 e. The molecule has 3 aromatic rings. The third-order valence-electron chi connectivity index (χ3n) is 4.01. The van der Waals surface area contributed by atoms with Crippen molar-refractivity contribution in [2.45, 2.75) is 27.7 Å². The zero-order valence-corrected chi connectivity index (χ0v) is 14.6. The molecule has 0 aliphatic carbocycles. The molecule has 3 aromatic carbocycles. The largest absolute Gasteiger partial charge is 0.310 e. The Bertz CT molecular complexity index is 774. The van der Waals surface area contributed by atoms with Crippen LogP contribution < -0.4 is 4.90 Å². The summed E-state index contributed by atoms with van der Waals surface area (Å²) in [7, 11) is 0. The summed E-state index contributed by atoms with van der Waals surface area (Å²) in [4.78, 5) is 2.18. The summed E-state index contributed by atoms with van der Waals surface area (Å²) in [5, 5.41) is 0. The van der Waals surface area contributed by atoms with E-state index in [9.17, 15) is 4.39 Å². The highest BCUT2D eigenvalue weighted by Crippen LogP contribution is 2.36. The fraction of sp³-hybridized carbons (Fsp3) is 0.182. The third-order valence-corrected chi connectivity index (χ3v) is 4.01.